The summed E-state index contributed by atoms with van der Waals surface area (Å²) < 4.78 is 33.6. The first-order chi connectivity index (χ1) is 28.9. The second-order valence-corrected chi connectivity index (χ2v) is 18.5. The standard InChI is InChI=1S/C46H87O13P/c1-3-5-7-9-11-13-15-17-19-21-22-24-26-28-30-32-34-39(47)56-36-38(37-57-60(54,55)59-46-44(52)42(50)41(49)43(51)45(46)53)58-40(48)35-33-31-29-27-25-23-20-18-16-14-12-10-8-6-4-2/h4,38,41-46,49-53H,2-3,5-37H2,1H3,(H,54,55)/t38-,41?,42-,43?,44?,45?,46?/m0/s1. The van der Waals surface area contributed by atoms with Gasteiger partial charge in [-0.3, -0.25) is 18.6 Å². The summed E-state index contributed by atoms with van der Waals surface area (Å²) in [6, 6.07) is 0. The van der Waals surface area contributed by atoms with Gasteiger partial charge in [-0.2, -0.15) is 0 Å². The zero-order chi connectivity index (χ0) is 44.3. The highest BCUT2D eigenvalue weighted by atomic mass is 31.2. The summed E-state index contributed by atoms with van der Waals surface area (Å²) in [5.74, 6) is -1.09. The van der Waals surface area contributed by atoms with Gasteiger partial charge in [-0.15, -0.1) is 6.58 Å². The molecular formula is C46H87O13P. The first-order valence-electron chi connectivity index (χ1n) is 24.0. The van der Waals surface area contributed by atoms with E-state index in [1.807, 2.05) is 6.08 Å². The summed E-state index contributed by atoms with van der Waals surface area (Å²) in [6.07, 6.45) is 24.4. The van der Waals surface area contributed by atoms with E-state index in [0.29, 0.717) is 12.8 Å². The number of aliphatic hydroxyl groups is 5. The Kier molecular flexibility index (Phi) is 34.9. The molecule has 60 heavy (non-hydrogen) atoms. The number of ether oxygens (including phenoxy) is 2. The molecule has 13 nitrogen and oxygen atoms in total. The number of carbonyl (C=O) groups is 2. The fourth-order valence-corrected chi connectivity index (χ4v) is 8.59. The summed E-state index contributed by atoms with van der Waals surface area (Å²) in [6.45, 7) is 4.85. The van der Waals surface area contributed by atoms with Crippen LogP contribution in [0.5, 0.6) is 0 Å². The Labute approximate surface area is 363 Å². The van der Waals surface area contributed by atoms with Gasteiger partial charge in [0.25, 0.3) is 0 Å². The molecule has 14 heteroatoms. The molecule has 1 aliphatic rings. The van der Waals surface area contributed by atoms with Crippen LogP contribution in [0.4, 0.5) is 0 Å². The first-order valence-corrected chi connectivity index (χ1v) is 25.4. The minimum Gasteiger partial charge on any atom is -0.462 e. The number of hydrogen-bond acceptors (Lipinski definition) is 12. The van der Waals surface area contributed by atoms with Crippen LogP contribution in [0.3, 0.4) is 0 Å². The van der Waals surface area contributed by atoms with Crippen molar-refractivity contribution in [1.82, 2.24) is 0 Å². The lowest BCUT2D eigenvalue weighted by Gasteiger charge is -2.41. The van der Waals surface area contributed by atoms with Crippen LogP contribution in [0, 0.1) is 0 Å². The van der Waals surface area contributed by atoms with E-state index in [0.717, 1.165) is 51.4 Å². The summed E-state index contributed by atoms with van der Waals surface area (Å²) in [4.78, 5) is 35.7. The molecule has 0 aromatic heterocycles. The van der Waals surface area contributed by atoms with Crippen LogP contribution >= 0.6 is 7.82 Å². The maximum absolute atomic E-state index is 12.8. The quantitative estimate of drug-likeness (QED) is 0.0147. The maximum atomic E-state index is 12.8. The van der Waals surface area contributed by atoms with Gasteiger partial charge in [-0.25, -0.2) is 4.57 Å². The van der Waals surface area contributed by atoms with Gasteiger partial charge in [-0.1, -0.05) is 180 Å². The van der Waals surface area contributed by atoms with Gasteiger partial charge in [0.05, 0.1) is 6.61 Å². The minimum atomic E-state index is -5.11. The molecule has 1 aliphatic carbocycles. The van der Waals surface area contributed by atoms with Crippen molar-refractivity contribution in [3.05, 3.63) is 12.7 Å². The Morgan fingerprint density at radius 3 is 1.28 bits per heavy atom. The third-order valence-electron chi connectivity index (χ3n) is 11.5. The lowest BCUT2D eigenvalue weighted by Crippen LogP contribution is -2.64. The summed E-state index contributed by atoms with van der Waals surface area (Å²) in [5.41, 5.74) is 0. The molecule has 0 amide bonds. The van der Waals surface area contributed by atoms with E-state index < -0.39 is 75.7 Å². The monoisotopic (exact) mass is 879 g/mol. The Hall–Kier alpha value is -1.41. The van der Waals surface area contributed by atoms with Gasteiger partial charge in [0, 0.05) is 12.8 Å². The molecule has 0 radical (unpaired) electrons. The zero-order valence-corrected chi connectivity index (χ0v) is 38.3. The van der Waals surface area contributed by atoms with Gasteiger partial charge in [0.2, 0.25) is 0 Å². The second-order valence-electron chi connectivity index (χ2n) is 17.1. The maximum Gasteiger partial charge on any atom is 0.472 e. The molecule has 6 N–H and O–H groups in total. The zero-order valence-electron chi connectivity index (χ0n) is 37.4. The van der Waals surface area contributed by atoms with Crippen molar-refractivity contribution in [2.24, 2.45) is 0 Å². The molecular weight excluding hydrogens is 791 g/mol. The molecule has 1 rings (SSSR count). The molecule has 354 valence electrons. The van der Waals surface area contributed by atoms with Crippen LogP contribution in [0.2, 0.25) is 0 Å². The first kappa shape index (κ1) is 56.6. The van der Waals surface area contributed by atoms with Crippen molar-refractivity contribution in [2.45, 2.75) is 255 Å². The van der Waals surface area contributed by atoms with Crippen molar-refractivity contribution in [3.8, 4) is 0 Å². The van der Waals surface area contributed by atoms with Crippen LogP contribution in [0.25, 0.3) is 0 Å². The fraction of sp³-hybridized carbons (Fsp3) is 0.913. The average Bonchev–Trinajstić information content (AvgIpc) is 3.23. The normalized spacial score (nSPS) is 22.0. The minimum absolute atomic E-state index is 0.0995. The van der Waals surface area contributed by atoms with E-state index in [4.69, 9.17) is 18.5 Å². The van der Waals surface area contributed by atoms with Crippen molar-refractivity contribution in [2.75, 3.05) is 13.2 Å². The third-order valence-corrected chi connectivity index (χ3v) is 12.5. The van der Waals surface area contributed by atoms with Gasteiger partial charge in [-0.05, 0) is 25.7 Å². The number of carbonyl (C=O) groups excluding carboxylic acids is 2. The van der Waals surface area contributed by atoms with Gasteiger partial charge in [0.1, 0.15) is 43.2 Å². The van der Waals surface area contributed by atoms with Crippen molar-refractivity contribution in [3.63, 3.8) is 0 Å². The van der Waals surface area contributed by atoms with Crippen LogP contribution in [-0.2, 0) is 32.7 Å². The molecule has 0 heterocycles. The molecule has 1 fully saturated rings. The van der Waals surface area contributed by atoms with Crippen LogP contribution in [-0.4, -0.2) is 98.3 Å². The Bertz CT molecular complexity index is 1090. The molecule has 0 aromatic rings. The molecule has 8 atom stereocenters. The van der Waals surface area contributed by atoms with E-state index in [1.165, 1.54) is 128 Å². The predicted molar refractivity (Wildman–Crippen MR) is 235 cm³/mol. The topological polar surface area (TPSA) is 210 Å². The molecule has 0 bridgehead atoms. The SMILES string of the molecule is C=CCCCCCCCCCCCCCCCC(=O)O[C@@H](COC(=O)CCCCCCCCCCCCCCCCCC)COP(=O)(O)OC1C(O)C(O)C(O)[C@H](O)C1O. The van der Waals surface area contributed by atoms with E-state index in [1.54, 1.807) is 0 Å². The van der Waals surface area contributed by atoms with Crippen LogP contribution in [0.15, 0.2) is 12.7 Å². The number of hydrogen-bond donors (Lipinski definition) is 6. The highest BCUT2D eigenvalue weighted by Gasteiger charge is 2.51. The Morgan fingerprint density at radius 1 is 0.533 bits per heavy atom. The molecule has 6 unspecified atom stereocenters. The molecule has 0 aliphatic heterocycles. The molecule has 0 spiro atoms. The summed E-state index contributed by atoms with van der Waals surface area (Å²) in [7, 11) is -5.11. The smallest absolute Gasteiger partial charge is 0.462 e. The fourth-order valence-electron chi connectivity index (χ4n) is 7.62. The van der Waals surface area contributed by atoms with Crippen LogP contribution in [0.1, 0.15) is 212 Å². The molecule has 0 aromatic carbocycles. The van der Waals surface area contributed by atoms with Crippen LogP contribution < -0.4 is 0 Å². The second kappa shape index (κ2) is 37.0. The lowest BCUT2D eigenvalue weighted by atomic mass is 9.85. The van der Waals surface area contributed by atoms with E-state index in [2.05, 4.69) is 13.5 Å². The van der Waals surface area contributed by atoms with Gasteiger partial charge >= 0.3 is 19.8 Å². The lowest BCUT2D eigenvalue weighted by molar-refractivity contribution is -0.220. The highest BCUT2D eigenvalue weighted by molar-refractivity contribution is 7.47. The van der Waals surface area contributed by atoms with E-state index >= 15 is 0 Å². The number of rotatable bonds is 41. The number of allylic oxidation sites excluding steroid dienone is 1. The number of unbranched alkanes of at least 4 members (excludes halogenated alkanes) is 28. The summed E-state index contributed by atoms with van der Waals surface area (Å²) in [5, 5.41) is 50.2. The number of esters is 2. The number of phosphoric acid groups is 1. The third kappa shape index (κ3) is 29.0. The Balaban J connectivity index is 2.42. The predicted octanol–water partition coefficient (Wildman–Crippen LogP) is 9.45. The number of phosphoric ester groups is 1. The molecule has 1 saturated carbocycles. The van der Waals surface area contributed by atoms with E-state index in [-0.39, 0.29) is 12.8 Å². The van der Waals surface area contributed by atoms with Crippen molar-refractivity contribution < 1.29 is 63.1 Å². The molecule has 0 saturated heterocycles. The summed E-state index contributed by atoms with van der Waals surface area (Å²) >= 11 is 0. The van der Waals surface area contributed by atoms with Crippen molar-refractivity contribution in [1.29, 1.82) is 0 Å². The Morgan fingerprint density at radius 2 is 0.883 bits per heavy atom. The van der Waals surface area contributed by atoms with E-state index in [9.17, 15) is 44.6 Å². The number of aliphatic hydroxyl groups excluding tert-OH is 5. The largest absolute Gasteiger partial charge is 0.472 e. The van der Waals surface area contributed by atoms with Gasteiger partial charge in [0.15, 0.2) is 6.10 Å². The highest BCUT2D eigenvalue weighted by Crippen LogP contribution is 2.47. The van der Waals surface area contributed by atoms with Gasteiger partial charge < -0.3 is 39.9 Å². The average molecular weight is 879 g/mol. The van der Waals surface area contributed by atoms with Crippen molar-refractivity contribution >= 4 is 19.8 Å².